The van der Waals surface area contributed by atoms with Crippen LogP contribution >= 0.6 is 15.9 Å². The van der Waals surface area contributed by atoms with E-state index < -0.39 is 5.41 Å². The maximum absolute atomic E-state index is 5.26. The van der Waals surface area contributed by atoms with Crippen LogP contribution in [0.15, 0.2) is 150 Å². The topological polar surface area (TPSA) is 12.9 Å². The number of hydrogen-bond acceptors (Lipinski definition) is 1. The molecule has 0 atom stereocenters. The fourth-order valence-electron chi connectivity index (χ4n) is 6.71. The zero-order chi connectivity index (χ0) is 26.7. The highest BCUT2D eigenvalue weighted by Crippen LogP contribution is 2.57. The third kappa shape index (κ3) is 3.30. The van der Waals surface area contributed by atoms with Crippen molar-refractivity contribution < 1.29 is 0 Å². The Morgan fingerprint density at radius 1 is 0.475 bits per heavy atom. The smallest absolute Gasteiger partial charge is 0.0788 e. The van der Waals surface area contributed by atoms with Gasteiger partial charge in [0.25, 0.3) is 0 Å². The maximum Gasteiger partial charge on any atom is 0.0788 e. The van der Waals surface area contributed by atoms with E-state index in [-0.39, 0.29) is 0 Å². The van der Waals surface area contributed by atoms with Crippen LogP contribution < -0.4 is 0 Å². The first kappa shape index (κ1) is 23.4. The molecule has 188 valence electrons. The molecule has 0 saturated heterocycles. The van der Waals surface area contributed by atoms with Crippen molar-refractivity contribution in [1.82, 2.24) is 4.98 Å². The summed E-state index contributed by atoms with van der Waals surface area (Å²) in [6, 6.07) is 52.7. The van der Waals surface area contributed by atoms with Gasteiger partial charge in [-0.2, -0.15) is 0 Å². The highest BCUT2D eigenvalue weighted by atomic mass is 79.9. The highest BCUT2D eigenvalue weighted by molar-refractivity contribution is 9.10. The van der Waals surface area contributed by atoms with Gasteiger partial charge in [-0.25, -0.2) is 4.98 Å². The fourth-order valence-corrected chi connectivity index (χ4v) is 6.98. The van der Waals surface area contributed by atoms with Crippen molar-refractivity contribution in [3.63, 3.8) is 0 Å². The van der Waals surface area contributed by atoms with Gasteiger partial charge in [-0.05, 0) is 69.1 Å². The summed E-state index contributed by atoms with van der Waals surface area (Å²) >= 11 is 3.61. The van der Waals surface area contributed by atoms with Gasteiger partial charge >= 0.3 is 0 Å². The number of halogens is 1. The van der Waals surface area contributed by atoms with Gasteiger partial charge in [0, 0.05) is 20.8 Å². The molecule has 8 rings (SSSR count). The minimum absolute atomic E-state index is 0.439. The lowest BCUT2D eigenvalue weighted by Crippen LogP contribution is -2.28. The van der Waals surface area contributed by atoms with Crippen molar-refractivity contribution >= 4 is 37.6 Å². The minimum atomic E-state index is -0.439. The number of hydrogen-bond donors (Lipinski definition) is 0. The second-order valence-electron chi connectivity index (χ2n) is 10.5. The zero-order valence-electron chi connectivity index (χ0n) is 21.7. The first-order valence-electron chi connectivity index (χ1n) is 13.6. The van der Waals surface area contributed by atoms with E-state index in [1.807, 2.05) is 0 Å². The Morgan fingerprint density at radius 3 is 1.82 bits per heavy atom. The average Bonchev–Trinajstić information content (AvgIpc) is 3.31. The molecule has 40 heavy (non-hydrogen) atoms. The number of nitrogens with zero attached hydrogens (tertiary/aromatic N) is 1. The van der Waals surface area contributed by atoms with Crippen molar-refractivity contribution in [2.45, 2.75) is 5.41 Å². The van der Waals surface area contributed by atoms with E-state index in [1.165, 1.54) is 49.5 Å². The van der Waals surface area contributed by atoms with Crippen LogP contribution in [-0.4, -0.2) is 4.98 Å². The molecule has 2 heteroatoms. The van der Waals surface area contributed by atoms with Gasteiger partial charge in [-0.3, -0.25) is 0 Å². The van der Waals surface area contributed by atoms with Crippen molar-refractivity contribution in [2.24, 2.45) is 0 Å². The predicted molar refractivity (Wildman–Crippen MR) is 170 cm³/mol. The second kappa shape index (κ2) is 9.01. The number of benzene rings is 6. The van der Waals surface area contributed by atoms with Gasteiger partial charge in [0.2, 0.25) is 0 Å². The summed E-state index contributed by atoms with van der Waals surface area (Å²) in [5.74, 6) is 0. The average molecular weight is 575 g/mol. The monoisotopic (exact) mass is 573 g/mol. The zero-order valence-corrected chi connectivity index (χ0v) is 23.3. The van der Waals surface area contributed by atoms with Gasteiger partial charge in [-0.1, -0.05) is 131 Å². The van der Waals surface area contributed by atoms with E-state index in [1.54, 1.807) is 0 Å². The van der Waals surface area contributed by atoms with Crippen LogP contribution in [0.4, 0.5) is 0 Å². The SMILES string of the molecule is Brc1ccc(-c2nc3ccccc3c3cc4c(cc23)C(c2ccccc2)(c2ccccc2)c2ccccc2-4)cc1. The van der Waals surface area contributed by atoms with Gasteiger partial charge in [0.05, 0.1) is 16.6 Å². The van der Waals surface area contributed by atoms with E-state index in [0.717, 1.165) is 21.2 Å². The molecule has 0 saturated carbocycles. The molecular weight excluding hydrogens is 550 g/mol. The Balaban J connectivity index is 1.57. The van der Waals surface area contributed by atoms with Crippen LogP contribution in [0.5, 0.6) is 0 Å². The summed E-state index contributed by atoms with van der Waals surface area (Å²) in [4.78, 5) is 5.26. The number of rotatable bonds is 3. The van der Waals surface area contributed by atoms with E-state index in [0.29, 0.717) is 0 Å². The lowest BCUT2D eigenvalue weighted by molar-refractivity contribution is 0.769. The number of fused-ring (bicyclic) bond motifs is 6. The first-order valence-corrected chi connectivity index (χ1v) is 14.4. The first-order chi connectivity index (χ1) is 19.7. The normalized spacial score (nSPS) is 13.3. The molecule has 1 heterocycles. The summed E-state index contributed by atoms with van der Waals surface area (Å²) in [5, 5.41) is 3.58. The van der Waals surface area contributed by atoms with E-state index in [2.05, 4.69) is 162 Å². The molecule has 1 nitrogen and oxygen atoms in total. The summed E-state index contributed by atoms with van der Waals surface area (Å²) in [5.41, 5.74) is 10.4. The lowest BCUT2D eigenvalue weighted by atomic mass is 9.67. The molecule has 0 radical (unpaired) electrons. The molecule has 6 aromatic carbocycles. The Hall–Kier alpha value is -4.53. The van der Waals surface area contributed by atoms with Crippen LogP contribution in [0.25, 0.3) is 44.1 Å². The molecular formula is C38H24BrN. The molecule has 0 aliphatic heterocycles. The lowest BCUT2D eigenvalue weighted by Gasteiger charge is -2.34. The highest BCUT2D eigenvalue weighted by Gasteiger charge is 2.46. The van der Waals surface area contributed by atoms with Crippen molar-refractivity contribution in [1.29, 1.82) is 0 Å². The Bertz CT molecular complexity index is 2010. The molecule has 0 N–H and O–H groups in total. The Labute approximate surface area is 241 Å². The van der Waals surface area contributed by atoms with Crippen LogP contribution in [0.3, 0.4) is 0 Å². The standard InChI is InChI=1S/C38H24BrN/c39-28-21-19-25(20-22-28)37-33-24-35-32(23-31(33)30-16-8-10-18-36(30)40-37)29-15-7-9-17-34(29)38(35,26-11-3-1-4-12-26)27-13-5-2-6-14-27/h1-24H. The van der Waals surface area contributed by atoms with Crippen LogP contribution in [0, 0.1) is 0 Å². The largest absolute Gasteiger partial charge is 0.247 e. The maximum atomic E-state index is 5.26. The van der Waals surface area contributed by atoms with Gasteiger partial charge < -0.3 is 0 Å². The predicted octanol–water partition coefficient (Wildman–Crippen LogP) is 10.2. The van der Waals surface area contributed by atoms with Crippen molar-refractivity contribution in [3.8, 4) is 22.4 Å². The summed E-state index contributed by atoms with van der Waals surface area (Å²) in [6.07, 6.45) is 0. The summed E-state index contributed by atoms with van der Waals surface area (Å²) in [7, 11) is 0. The Kier molecular flexibility index (Phi) is 5.26. The number of para-hydroxylation sites is 1. The van der Waals surface area contributed by atoms with E-state index in [9.17, 15) is 0 Å². The molecule has 0 amide bonds. The molecule has 0 unspecified atom stereocenters. The van der Waals surface area contributed by atoms with Crippen molar-refractivity contribution in [3.05, 3.63) is 172 Å². The Morgan fingerprint density at radius 2 is 1.10 bits per heavy atom. The molecule has 0 fully saturated rings. The second-order valence-corrected chi connectivity index (χ2v) is 11.4. The van der Waals surface area contributed by atoms with Crippen molar-refractivity contribution in [2.75, 3.05) is 0 Å². The van der Waals surface area contributed by atoms with E-state index in [4.69, 9.17) is 4.98 Å². The van der Waals surface area contributed by atoms with E-state index >= 15 is 0 Å². The number of aromatic nitrogens is 1. The summed E-state index contributed by atoms with van der Waals surface area (Å²) < 4.78 is 1.06. The molecule has 1 aliphatic rings. The van der Waals surface area contributed by atoms with Gasteiger partial charge in [-0.15, -0.1) is 0 Å². The third-order valence-corrected chi connectivity index (χ3v) is 8.92. The summed E-state index contributed by atoms with van der Waals surface area (Å²) in [6.45, 7) is 0. The molecule has 1 aliphatic carbocycles. The number of pyridine rings is 1. The molecule has 0 spiro atoms. The van der Waals surface area contributed by atoms with Crippen LogP contribution in [-0.2, 0) is 5.41 Å². The van der Waals surface area contributed by atoms with Crippen LogP contribution in [0.1, 0.15) is 22.3 Å². The van der Waals surface area contributed by atoms with Gasteiger partial charge in [0.1, 0.15) is 0 Å². The molecule has 0 bridgehead atoms. The fraction of sp³-hybridized carbons (Fsp3) is 0.0263. The molecule has 7 aromatic rings. The minimum Gasteiger partial charge on any atom is -0.247 e. The van der Waals surface area contributed by atoms with Gasteiger partial charge in [0.15, 0.2) is 0 Å². The quantitative estimate of drug-likeness (QED) is 0.191. The third-order valence-electron chi connectivity index (χ3n) is 8.40. The molecule has 1 aromatic heterocycles. The van der Waals surface area contributed by atoms with Crippen LogP contribution in [0.2, 0.25) is 0 Å².